The predicted molar refractivity (Wildman–Crippen MR) is 67.7 cm³/mol. The molecule has 1 saturated heterocycles. The lowest BCUT2D eigenvalue weighted by atomic mass is 10.2. The van der Waals surface area contributed by atoms with Crippen molar-refractivity contribution in [1.82, 2.24) is 4.90 Å². The van der Waals surface area contributed by atoms with Crippen LogP contribution in [0.4, 0.5) is 0 Å². The van der Waals surface area contributed by atoms with E-state index in [4.69, 9.17) is 27.9 Å². The van der Waals surface area contributed by atoms with E-state index in [1.165, 1.54) is 0 Å². The maximum Gasteiger partial charge on any atom is 0.263 e. The van der Waals surface area contributed by atoms with E-state index >= 15 is 0 Å². The first-order valence-electron chi connectivity index (χ1n) is 5.48. The van der Waals surface area contributed by atoms with Crippen molar-refractivity contribution in [3.05, 3.63) is 28.2 Å². The lowest BCUT2D eigenvalue weighted by Gasteiger charge is -2.33. The first kappa shape index (κ1) is 12.5. The first-order chi connectivity index (χ1) is 8.06. The quantitative estimate of drug-likeness (QED) is 0.848. The van der Waals surface area contributed by atoms with Crippen LogP contribution in [0, 0.1) is 0 Å². The zero-order chi connectivity index (χ0) is 12.4. The van der Waals surface area contributed by atoms with Crippen LogP contribution in [0.1, 0.15) is 13.3 Å². The second-order valence-corrected chi connectivity index (χ2v) is 4.92. The number of amides is 1. The highest BCUT2D eigenvalue weighted by molar-refractivity contribution is 6.34. The summed E-state index contributed by atoms with van der Waals surface area (Å²) in [6.07, 6.45) is 0.561. The maximum absolute atomic E-state index is 11.8. The molecule has 1 aromatic carbocycles. The number of benzene rings is 1. The van der Waals surface area contributed by atoms with Crippen LogP contribution in [0.2, 0.25) is 10.0 Å². The zero-order valence-electron chi connectivity index (χ0n) is 9.45. The Labute approximate surface area is 110 Å². The molecule has 1 aliphatic heterocycles. The smallest absolute Gasteiger partial charge is 0.263 e. The van der Waals surface area contributed by atoms with Gasteiger partial charge in [0.05, 0.1) is 0 Å². The monoisotopic (exact) mass is 273 g/mol. The second kappa shape index (κ2) is 5.15. The topological polar surface area (TPSA) is 29.5 Å². The summed E-state index contributed by atoms with van der Waals surface area (Å²) >= 11 is 11.7. The van der Waals surface area contributed by atoms with Crippen LogP contribution in [0.15, 0.2) is 18.2 Å². The molecular formula is C12H13Cl2NO2. The van der Waals surface area contributed by atoms with Crippen molar-refractivity contribution in [2.45, 2.75) is 19.4 Å². The van der Waals surface area contributed by atoms with E-state index < -0.39 is 6.10 Å². The minimum atomic E-state index is -0.509. The van der Waals surface area contributed by atoms with Gasteiger partial charge in [0.2, 0.25) is 0 Å². The summed E-state index contributed by atoms with van der Waals surface area (Å²) in [5.41, 5.74) is 0. The third kappa shape index (κ3) is 3.05. The number of hydrogen-bond donors (Lipinski definition) is 0. The molecule has 0 radical (unpaired) electrons. The van der Waals surface area contributed by atoms with Gasteiger partial charge < -0.3 is 9.64 Å². The van der Waals surface area contributed by atoms with Gasteiger partial charge in [-0.25, -0.2) is 0 Å². The Morgan fingerprint density at radius 2 is 1.88 bits per heavy atom. The molecule has 92 valence electrons. The van der Waals surface area contributed by atoms with Gasteiger partial charge in [-0.2, -0.15) is 0 Å². The van der Waals surface area contributed by atoms with E-state index in [0.717, 1.165) is 19.5 Å². The summed E-state index contributed by atoms with van der Waals surface area (Å²) < 4.78 is 5.53. The number of halogens is 2. The minimum Gasteiger partial charge on any atom is -0.481 e. The van der Waals surface area contributed by atoms with E-state index in [1.54, 1.807) is 30.0 Å². The van der Waals surface area contributed by atoms with Gasteiger partial charge in [-0.05, 0) is 31.5 Å². The molecule has 0 unspecified atom stereocenters. The van der Waals surface area contributed by atoms with Crippen LogP contribution < -0.4 is 4.74 Å². The van der Waals surface area contributed by atoms with Gasteiger partial charge in [-0.15, -0.1) is 0 Å². The summed E-state index contributed by atoms with van der Waals surface area (Å²) in [5, 5.41) is 0.993. The average Bonchev–Trinajstić information content (AvgIpc) is 2.12. The predicted octanol–water partition coefficient (Wildman–Crippen LogP) is 2.99. The van der Waals surface area contributed by atoms with Crippen LogP contribution in [0.3, 0.4) is 0 Å². The van der Waals surface area contributed by atoms with E-state index in [-0.39, 0.29) is 5.91 Å². The molecule has 0 aliphatic carbocycles. The van der Waals surface area contributed by atoms with Gasteiger partial charge in [0.1, 0.15) is 5.75 Å². The van der Waals surface area contributed by atoms with Gasteiger partial charge in [0.25, 0.3) is 5.91 Å². The molecule has 1 heterocycles. The summed E-state index contributed by atoms with van der Waals surface area (Å²) in [7, 11) is 0. The van der Waals surface area contributed by atoms with Gasteiger partial charge in [0, 0.05) is 23.1 Å². The fourth-order valence-corrected chi connectivity index (χ4v) is 2.15. The van der Waals surface area contributed by atoms with E-state index in [1.807, 2.05) is 0 Å². The molecule has 0 saturated carbocycles. The minimum absolute atomic E-state index is 0.00680. The summed E-state index contributed by atoms with van der Waals surface area (Å²) in [4.78, 5) is 13.6. The van der Waals surface area contributed by atoms with Crippen molar-refractivity contribution in [2.75, 3.05) is 13.1 Å². The lowest BCUT2D eigenvalue weighted by molar-refractivity contribution is -0.141. The number of nitrogens with zero attached hydrogens (tertiary/aromatic N) is 1. The normalized spacial score (nSPS) is 16.3. The van der Waals surface area contributed by atoms with Gasteiger partial charge in [-0.3, -0.25) is 4.79 Å². The molecular weight excluding hydrogens is 261 g/mol. The lowest BCUT2D eigenvalue weighted by Crippen LogP contribution is -2.47. The second-order valence-electron chi connectivity index (χ2n) is 4.04. The van der Waals surface area contributed by atoms with Crippen LogP contribution >= 0.6 is 23.2 Å². The third-order valence-electron chi connectivity index (χ3n) is 2.66. The van der Waals surface area contributed by atoms with Crippen molar-refractivity contribution in [2.24, 2.45) is 0 Å². The molecule has 0 bridgehead atoms. The molecule has 1 aliphatic rings. The number of hydrogen-bond acceptors (Lipinski definition) is 2. The van der Waals surface area contributed by atoms with Gasteiger partial charge >= 0.3 is 0 Å². The van der Waals surface area contributed by atoms with Crippen molar-refractivity contribution in [3.8, 4) is 5.75 Å². The van der Waals surface area contributed by atoms with E-state index in [9.17, 15) is 4.79 Å². The van der Waals surface area contributed by atoms with Crippen molar-refractivity contribution >= 4 is 29.1 Å². The highest BCUT2D eigenvalue weighted by Crippen LogP contribution is 2.25. The Morgan fingerprint density at radius 3 is 2.35 bits per heavy atom. The first-order valence-corrected chi connectivity index (χ1v) is 6.23. The SMILES string of the molecule is C[C@H](Oc1cc(Cl)cc(Cl)c1)C(=O)N1CCC1. The maximum atomic E-state index is 11.8. The largest absolute Gasteiger partial charge is 0.481 e. The van der Waals surface area contributed by atoms with E-state index in [2.05, 4.69) is 0 Å². The van der Waals surface area contributed by atoms with Gasteiger partial charge in [-0.1, -0.05) is 23.2 Å². The summed E-state index contributed by atoms with van der Waals surface area (Å²) in [5.74, 6) is 0.524. The van der Waals surface area contributed by atoms with Crippen LogP contribution in [0.25, 0.3) is 0 Å². The molecule has 0 spiro atoms. The van der Waals surface area contributed by atoms with E-state index in [0.29, 0.717) is 15.8 Å². The molecule has 1 fully saturated rings. The number of likely N-dealkylation sites (tertiary alicyclic amines) is 1. The fraction of sp³-hybridized carbons (Fsp3) is 0.417. The average molecular weight is 274 g/mol. The Kier molecular flexibility index (Phi) is 3.79. The van der Waals surface area contributed by atoms with Crippen molar-refractivity contribution in [1.29, 1.82) is 0 Å². The molecule has 3 nitrogen and oxygen atoms in total. The highest BCUT2D eigenvalue weighted by atomic mass is 35.5. The molecule has 17 heavy (non-hydrogen) atoms. The molecule has 5 heteroatoms. The number of carbonyl (C=O) groups is 1. The Bertz CT molecular complexity index is 412. The Hall–Kier alpha value is -0.930. The molecule has 1 amide bonds. The summed E-state index contributed by atoms with van der Waals surface area (Å²) in [6.45, 7) is 3.38. The number of ether oxygens (including phenoxy) is 1. The number of carbonyl (C=O) groups excluding carboxylic acids is 1. The van der Waals surface area contributed by atoms with Crippen LogP contribution in [-0.4, -0.2) is 30.0 Å². The number of rotatable bonds is 3. The Morgan fingerprint density at radius 1 is 1.29 bits per heavy atom. The van der Waals surface area contributed by atoms with Crippen molar-refractivity contribution < 1.29 is 9.53 Å². The molecule has 1 atom stereocenters. The third-order valence-corrected chi connectivity index (χ3v) is 3.10. The molecule has 2 rings (SSSR count). The Balaban J connectivity index is 2.01. The van der Waals surface area contributed by atoms with Gasteiger partial charge in [0.15, 0.2) is 6.10 Å². The zero-order valence-corrected chi connectivity index (χ0v) is 11.0. The van der Waals surface area contributed by atoms with Crippen molar-refractivity contribution in [3.63, 3.8) is 0 Å². The molecule has 0 aromatic heterocycles. The van der Waals surface area contributed by atoms with Crippen LogP contribution in [-0.2, 0) is 4.79 Å². The van der Waals surface area contributed by atoms with Crippen LogP contribution in [0.5, 0.6) is 5.75 Å². The molecule has 1 aromatic rings. The fourth-order valence-electron chi connectivity index (χ4n) is 1.64. The summed E-state index contributed by atoms with van der Waals surface area (Å²) in [6, 6.07) is 4.92. The molecule has 0 N–H and O–H groups in total. The highest BCUT2D eigenvalue weighted by Gasteiger charge is 2.26. The standard InChI is InChI=1S/C12H13Cl2NO2/c1-8(12(16)15-3-2-4-15)17-11-6-9(13)5-10(14)7-11/h5-8H,2-4H2,1H3/t8-/m0/s1.